The van der Waals surface area contributed by atoms with Crippen molar-refractivity contribution in [1.82, 2.24) is 5.43 Å². The summed E-state index contributed by atoms with van der Waals surface area (Å²) in [4.78, 5) is 11.9. The molecular weight excluding hydrogens is 366 g/mol. The molecule has 2 aromatic rings. The molecular formula is C21H24F2N2O3. The predicted molar refractivity (Wildman–Crippen MR) is 104 cm³/mol. The van der Waals surface area contributed by atoms with Crippen LogP contribution in [0.25, 0.3) is 0 Å². The Morgan fingerprint density at radius 2 is 1.61 bits per heavy atom. The lowest BCUT2D eigenvalue weighted by Crippen LogP contribution is -2.25. The van der Waals surface area contributed by atoms with Gasteiger partial charge in [-0.05, 0) is 59.9 Å². The van der Waals surface area contributed by atoms with Gasteiger partial charge in [0.1, 0.15) is 11.5 Å². The summed E-state index contributed by atoms with van der Waals surface area (Å²) in [6, 6.07) is 13.6. The average Bonchev–Trinajstić information content (AvgIpc) is 2.64. The summed E-state index contributed by atoms with van der Waals surface area (Å²) in [6.45, 7) is 5.01. The third kappa shape index (κ3) is 6.64. The van der Waals surface area contributed by atoms with Crippen LogP contribution in [-0.4, -0.2) is 24.8 Å². The van der Waals surface area contributed by atoms with E-state index in [0.717, 1.165) is 0 Å². The molecule has 2 aromatic carbocycles. The summed E-state index contributed by atoms with van der Waals surface area (Å²) in [5.74, 6) is 0.247. The van der Waals surface area contributed by atoms with Crippen LogP contribution in [0.1, 0.15) is 38.8 Å². The van der Waals surface area contributed by atoms with Crippen molar-refractivity contribution in [3.63, 3.8) is 0 Å². The number of hydrogen-bond acceptors (Lipinski definition) is 4. The van der Waals surface area contributed by atoms with Crippen molar-refractivity contribution in [3.05, 3.63) is 59.7 Å². The Bertz CT molecular complexity index is 811. The van der Waals surface area contributed by atoms with Gasteiger partial charge in [-0.1, -0.05) is 32.9 Å². The van der Waals surface area contributed by atoms with E-state index in [4.69, 9.17) is 4.74 Å². The second-order valence-corrected chi connectivity index (χ2v) is 7.20. The molecule has 0 aromatic heterocycles. The fourth-order valence-corrected chi connectivity index (χ4v) is 2.32. The first-order valence-corrected chi connectivity index (χ1v) is 8.77. The number of hydrogen-bond donors (Lipinski definition) is 1. The van der Waals surface area contributed by atoms with Crippen LogP contribution in [0, 0.1) is 0 Å². The van der Waals surface area contributed by atoms with Crippen molar-refractivity contribution in [1.29, 1.82) is 0 Å². The number of halogens is 2. The van der Waals surface area contributed by atoms with Crippen molar-refractivity contribution in [2.75, 3.05) is 6.61 Å². The van der Waals surface area contributed by atoms with Gasteiger partial charge in [-0.15, -0.1) is 0 Å². The molecule has 0 aliphatic heterocycles. The lowest BCUT2D eigenvalue weighted by Gasteiger charge is -2.19. The van der Waals surface area contributed by atoms with Crippen LogP contribution >= 0.6 is 0 Å². The molecule has 150 valence electrons. The summed E-state index contributed by atoms with van der Waals surface area (Å²) in [7, 11) is 0. The quantitative estimate of drug-likeness (QED) is 0.559. The number of hydrazone groups is 1. The Kier molecular flexibility index (Phi) is 7.09. The Labute approximate surface area is 163 Å². The van der Waals surface area contributed by atoms with Gasteiger partial charge < -0.3 is 9.47 Å². The molecule has 0 spiro atoms. The number of rotatable bonds is 7. The van der Waals surface area contributed by atoms with Gasteiger partial charge in [0.15, 0.2) is 6.61 Å². The van der Waals surface area contributed by atoms with E-state index in [9.17, 15) is 13.6 Å². The summed E-state index contributed by atoms with van der Waals surface area (Å²) < 4.78 is 34.0. The Morgan fingerprint density at radius 3 is 2.14 bits per heavy atom. The molecule has 7 heteroatoms. The fraction of sp³-hybridized carbons (Fsp3) is 0.333. The van der Waals surface area contributed by atoms with E-state index in [2.05, 4.69) is 36.0 Å². The number of amides is 1. The minimum atomic E-state index is -2.87. The van der Waals surface area contributed by atoms with Gasteiger partial charge in [0.05, 0.1) is 5.71 Å². The molecule has 0 radical (unpaired) electrons. The molecule has 0 unspecified atom stereocenters. The van der Waals surface area contributed by atoms with E-state index in [-0.39, 0.29) is 17.8 Å². The normalized spacial score (nSPS) is 12.0. The largest absolute Gasteiger partial charge is 0.484 e. The topological polar surface area (TPSA) is 59.9 Å². The smallest absolute Gasteiger partial charge is 0.387 e. The van der Waals surface area contributed by atoms with Crippen molar-refractivity contribution in [2.24, 2.45) is 5.10 Å². The van der Waals surface area contributed by atoms with Crippen LogP contribution in [-0.2, 0) is 10.2 Å². The molecule has 0 saturated heterocycles. The zero-order chi connectivity index (χ0) is 20.7. The molecule has 0 aliphatic rings. The minimum absolute atomic E-state index is 0.0475. The molecule has 1 N–H and O–H groups in total. The van der Waals surface area contributed by atoms with E-state index >= 15 is 0 Å². The number of carbonyl (C=O) groups excluding carboxylic acids is 1. The van der Waals surface area contributed by atoms with Crippen LogP contribution in [0.4, 0.5) is 8.78 Å². The highest BCUT2D eigenvalue weighted by Crippen LogP contribution is 2.24. The zero-order valence-electron chi connectivity index (χ0n) is 16.3. The maximum absolute atomic E-state index is 12.2. The lowest BCUT2D eigenvalue weighted by atomic mass is 9.87. The van der Waals surface area contributed by atoms with E-state index in [1.165, 1.54) is 17.7 Å². The molecule has 0 heterocycles. The standard InChI is InChI=1S/C21H24F2N2O3/c1-14(15-5-9-18(10-6-15)28-20(22)23)24-25-19(26)13-27-17-11-7-16(8-12-17)21(2,3)4/h5-12,20H,13H2,1-4H3,(H,25,26)/b24-14-. The highest BCUT2D eigenvalue weighted by atomic mass is 19.3. The number of ether oxygens (including phenoxy) is 2. The Balaban J connectivity index is 1.85. The van der Waals surface area contributed by atoms with Gasteiger partial charge in [0, 0.05) is 0 Å². The molecule has 0 saturated carbocycles. The van der Waals surface area contributed by atoms with Gasteiger partial charge >= 0.3 is 6.61 Å². The van der Waals surface area contributed by atoms with Crippen LogP contribution in [0.3, 0.4) is 0 Å². The molecule has 28 heavy (non-hydrogen) atoms. The molecule has 0 aliphatic carbocycles. The molecule has 0 atom stereocenters. The molecule has 1 amide bonds. The van der Waals surface area contributed by atoms with E-state index in [0.29, 0.717) is 17.0 Å². The van der Waals surface area contributed by atoms with Gasteiger partial charge in [0.25, 0.3) is 5.91 Å². The third-order valence-electron chi connectivity index (χ3n) is 3.94. The van der Waals surface area contributed by atoms with E-state index < -0.39 is 12.5 Å². The second-order valence-electron chi connectivity index (χ2n) is 7.20. The summed E-state index contributed by atoms with van der Waals surface area (Å²) in [6.07, 6.45) is 0. The first kappa shape index (κ1) is 21.3. The summed E-state index contributed by atoms with van der Waals surface area (Å²) in [5.41, 5.74) is 4.82. The van der Waals surface area contributed by atoms with E-state index in [1.807, 2.05) is 24.3 Å². The number of alkyl halides is 2. The van der Waals surface area contributed by atoms with Crippen molar-refractivity contribution in [3.8, 4) is 11.5 Å². The second kappa shape index (κ2) is 9.30. The average molecular weight is 390 g/mol. The van der Waals surface area contributed by atoms with Crippen LogP contribution in [0.5, 0.6) is 11.5 Å². The Hall–Kier alpha value is -2.96. The zero-order valence-corrected chi connectivity index (χ0v) is 16.3. The molecule has 0 fully saturated rings. The van der Waals surface area contributed by atoms with Crippen molar-refractivity contribution in [2.45, 2.75) is 39.7 Å². The third-order valence-corrected chi connectivity index (χ3v) is 3.94. The van der Waals surface area contributed by atoms with Gasteiger partial charge in [-0.2, -0.15) is 13.9 Å². The van der Waals surface area contributed by atoms with Crippen LogP contribution in [0.2, 0.25) is 0 Å². The monoisotopic (exact) mass is 390 g/mol. The van der Waals surface area contributed by atoms with Crippen molar-refractivity contribution < 1.29 is 23.0 Å². The number of nitrogens with zero attached hydrogens (tertiary/aromatic N) is 1. The predicted octanol–water partition coefficient (Wildman–Crippen LogP) is 4.50. The Morgan fingerprint density at radius 1 is 1.04 bits per heavy atom. The van der Waals surface area contributed by atoms with Gasteiger partial charge in [-0.25, -0.2) is 5.43 Å². The number of benzene rings is 2. The SMILES string of the molecule is C/C(=N/NC(=O)COc1ccc(C(C)(C)C)cc1)c1ccc(OC(F)F)cc1. The first-order valence-electron chi connectivity index (χ1n) is 8.77. The maximum atomic E-state index is 12.2. The highest BCUT2D eigenvalue weighted by Gasteiger charge is 2.13. The maximum Gasteiger partial charge on any atom is 0.387 e. The van der Waals surface area contributed by atoms with Gasteiger partial charge in [-0.3, -0.25) is 4.79 Å². The summed E-state index contributed by atoms with van der Waals surface area (Å²) in [5, 5.41) is 3.99. The van der Waals surface area contributed by atoms with Gasteiger partial charge in [0.2, 0.25) is 0 Å². The van der Waals surface area contributed by atoms with E-state index in [1.54, 1.807) is 19.1 Å². The fourth-order valence-electron chi connectivity index (χ4n) is 2.32. The van der Waals surface area contributed by atoms with Crippen LogP contribution in [0.15, 0.2) is 53.6 Å². The van der Waals surface area contributed by atoms with Crippen molar-refractivity contribution >= 4 is 11.6 Å². The van der Waals surface area contributed by atoms with Crippen LogP contribution < -0.4 is 14.9 Å². The minimum Gasteiger partial charge on any atom is -0.484 e. The number of nitrogens with one attached hydrogen (secondary N) is 1. The first-order chi connectivity index (χ1) is 13.1. The lowest BCUT2D eigenvalue weighted by molar-refractivity contribution is -0.123. The molecule has 0 bridgehead atoms. The molecule has 5 nitrogen and oxygen atoms in total. The highest BCUT2D eigenvalue weighted by molar-refractivity contribution is 5.99. The summed E-state index contributed by atoms with van der Waals surface area (Å²) >= 11 is 0. The number of carbonyl (C=O) groups is 1. The molecule has 2 rings (SSSR count).